The molecular formula is C11H22ClNO2. The van der Waals surface area contributed by atoms with Gasteiger partial charge in [-0.15, -0.1) is 11.6 Å². The van der Waals surface area contributed by atoms with Gasteiger partial charge in [0.2, 0.25) is 5.91 Å². The molecule has 0 aliphatic heterocycles. The Labute approximate surface area is 97.4 Å². The van der Waals surface area contributed by atoms with Gasteiger partial charge in [0.1, 0.15) is 0 Å². The summed E-state index contributed by atoms with van der Waals surface area (Å²) in [6.07, 6.45) is 3.06. The van der Waals surface area contributed by atoms with E-state index in [4.69, 9.17) is 16.7 Å². The van der Waals surface area contributed by atoms with E-state index in [1.807, 2.05) is 0 Å². The van der Waals surface area contributed by atoms with Crippen LogP contribution >= 0.6 is 11.6 Å². The second-order valence-electron chi connectivity index (χ2n) is 3.57. The highest BCUT2D eigenvalue weighted by atomic mass is 35.5. The van der Waals surface area contributed by atoms with Gasteiger partial charge < -0.3 is 10.0 Å². The number of alkyl halides is 1. The highest BCUT2D eigenvalue weighted by Crippen LogP contribution is 2.11. The monoisotopic (exact) mass is 235 g/mol. The third kappa shape index (κ3) is 5.38. The number of halogens is 1. The molecule has 3 nitrogen and oxygen atoms in total. The lowest BCUT2D eigenvalue weighted by Gasteiger charge is -2.30. The standard InChI is InChI=1S/C11H22ClNO2/c1-3-10(4-2)13(8-9-14)11(15)6-5-7-12/h10,14H,3-9H2,1-2H3. The number of amides is 1. The average molecular weight is 236 g/mol. The summed E-state index contributed by atoms with van der Waals surface area (Å²) in [6, 6.07) is 0.250. The van der Waals surface area contributed by atoms with E-state index in [9.17, 15) is 4.79 Å². The van der Waals surface area contributed by atoms with Crippen LogP contribution in [0.15, 0.2) is 0 Å². The fourth-order valence-corrected chi connectivity index (χ4v) is 1.84. The van der Waals surface area contributed by atoms with Crippen LogP contribution in [-0.4, -0.2) is 41.0 Å². The zero-order chi connectivity index (χ0) is 11.7. The average Bonchev–Trinajstić information content (AvgIpc) is 2.26. The van der Waals surface area contributed by atoms with Crippen molar-refractivity contribution < 1.29 is 9.90 Å². The van der Waals surface area contributed by atoms with Crippen molar-refractivity contribution in [2.24, 2.45) is 0 Å². The molecule has 0 aliphatic rings. The fraction of sp³-hybridized carbons (Fsp3) is 0.909. The van der Waals surface area contributed by atoms with Crippen molar-refractivity contribution in [2.75, 3.05) is 19.0 Å². The molecule has 0 spiro atoms. The smallest absolute Gasteiger partial charge is 0.222 e. The highest BCUT2D eigenvalue weighted by Gasteiger charge is 2.19. The van der Waals surface area contributed by atoms with Crippen LogP contribution in [-0.2, 0) is 4.79 Å². The molecule has 0 saturated heterocycles. The molecule has 15 heavy (non-hydrogen) atoms. The van der Waals surface area contributed by atoms with Crippen LogP contribution < -0.4 is 0 Å². The van der Waals surface area contributed by atoms with Crippen molar-refractivity contribution >= 4 is 17.5 Å². The zero-order valence-electron chi connectivity index (χ0n) is 9.71. The van der Waals surface area contributed by atoms with Gasteiger partial charge in [-0.2, -0.15) is 0 Å². The van der Waals surface area contributed by atoms with Crippen LogP contribution in [0.5, 0.6) is 0 Å². The van der Waals surface area contributed by atoms with E-state index >= 15 is 0 Å². The summed E-state index contributed by atoms with van der Waals surface area (Å²) >= 11 is 5.55. The van der Waals surface area contributed by atoms with E-state index in [0.29, 0.717) is 25.3 Å². The molecular weight excluding hydrogens is 214 g/mol. The van der Waals surface area contributed by atoms with Crippen molar-refractivity contribution in [3.8, 4) is 0 Å². The van der Waals surface area contributed by atoms with Gasteiger partial charge in [0.05, 0.1) is 6.61 Å². The first-order valence-corrected chi connectivity index (χ1v) is 6.20. The maximum atomic E-state index is 11.8. The molecule has 0 aromatic heterocycles. The van der Waals surface area contributed by atoms with Crippen LogP contribution in [0.1, 0.15) is 39.5 Å². The van der Waals surface area contributed by atoms with Gasteiger partial charge in [0, 0.05) is 24.9 Å². The largest absolute Gasteiger partial charge is 0.395 e. The highest BCUT2D eigenvalue weighted by molar-refractivity contribution is 6.17. The van der Waals surface area contributed by atoms with Crippen LogP contribution in [0.2, 0.25) is 0 Å². The van der Waals surface area contributed by atoms with E-state index in [0.717, 1.165) is 12.8 Å². The molecule has 0 fully saturated rings. The third-order valence-corrected chi connectivity index (χ3v) is 2.84. The molecule has 1 amide bonds. The molecule has 0 atom stereocenters. The van der Waals surface area contributed by atoms with E-state index in [1.165, 1.54) is 0 Å². The van der Waals surface area contributed by atoms with Crippen molar-refractivity contribution in [1.82, 2.24) is 4.90 Å². The van der Waals surface area contributed by atoms with E-state index < -0.39 is 0 Å². The Morgan fingerprint density at radius 3 is 2.40 bits per heavy atom. The zero-order valence-corrected chi connectivity index (χ0v) is 10.5. The quantitative estimate of drug-likeness (QED) is 0.654. The van der Waals surface area contributed by atoms with Crippen molar-refractivity contribution in [3.05, 3.63) is 0 Å². The molecule has 0 unspecified atom stereocenters. The topological polar surface area (TPSA) is 40.5 Å². The second kappa shape index (κ2) is 8.98. The van der Waals surface area contributed by atoms with Gasteiger partial charge >= 0.3 is 0 Å². The maximum absolute atomic E-state index is 11.8. The number of aliphatic hydroxyl groups excluding tert-OH is 1. The first-order chi connectivity index (χ1) is 7.21. The minimum absolute atomic E-state index is 0.0309. The van der Waals surface area contributed by atoms with E-state index in [2.05, 4.69) is 13.8 Å². The molecule has 0 heterocycles. The molecule has 0 saturated carbocycles. The molecule has 0 bridgehead atoms. The first kappa shape index (κ1) is 14.7. The second-order valence-corrected chi connectivity index (χ2v) is 3.95. The number of aliphatic hydroxyl groups is 1. The lowest BCUT2D eigenvalue weighted by atomic mass is 10.1. The van der Waals surface area contributed by atoms with Crippen LogP contribution in [0.4, 0.5) is 0 Å². The summed E-state index contributed by atoms with van der Waals surface area (Å²) in [5.41, 5.74) is 0. The fourth-order valence-electron chi connectivity index (χ4n) is 1.71. The van der Waals surface area contributed by atoms with Crippen molar-refractivity contribution in [1.29, 1.82) is 0 Å². The Bertz CT molecular complexity index is 172. The van der Waals surface area contributed by atoms with Gasteiger partial charge in [0.15, 0.2) is 0 Å². The maximum Gasteiger partial charge on any atom is 0.222 e. The van der Waals surface area contributed by atoms with Crippen molar-refractivity contribution in [2.45, 2.75) is 45.6 Å². The van der Waals surface area contributed by atoms with Gasteiger partial charge in [-0.25, -0.2) is 0 Å². The predicted molar refractivity (Wildman–Crippen MR) is 63.1 cm³/mol. The van der Waals surface area contributed by atoms with Gasteiger partial charge in [-0.3, -0.25) is 4.79 Å². The molecule has 0 aliphatic carbocycles. The number of rotatable bonds is 8. The Kier molecular flexibility index (Phi) is 8.82. The number of carbonyl (C=O) groups excluding carboxylic acids is 1. The molecule has 0 aromatic rings. The Balaban J connectivity index is 4.28. The third-order valence-electron chi connectivity index (χ3n) is 2.57. The SMILES string of the molecule is CCC(CC)N(CCO)C(=O)CCCCl. The first-order valence-electron chi connectivity index (χ1n) is 5.67. The molecule has 0 rings (SSSR count). The summed E-state index contributed by atoms with van der Waals surface area (Å²) in [6.45, 7) is 4.59. The van der Waals surface area contributed by atoms with E-state index in [1.54, 1.807) is 4.90 Å². The molecule has 0 radical (unpaired) electrons. The number of nitrogens with zero attached hydrogens (tertiary/aromatic N) is 1. The number of carbonyl (C=O) groups is 1. The lowest BCUT2D eigenvalue weighted by Crippen LogP contribution is -2.41. The molecule has 90 valence electrons. The van der Waals surface area contributed by atoms with E-state index in [-0.39, 0.29) is 18.6 Å². The summed E-state index contributed by atoms with van der Waals surface area (Å²) in [4.78, 5) is 13.6. The number of hydrogen-bond donors (Lipinski definition) is 1. The Morgan fingerprint density at radius 1 is 1.40 bits per heavy atom. The molecule has 1 N–H and O–H groups in total. The summed E-state index contributed by atoms with van der Waals surface area (Å²) in [7, 11) is 0. The minimum Gasteiger partial charge on any atom is -0.395 e. The van der Waals surface area contributed by atoms with Crippen molar-refractivity contribution in [3.63, 3.8) is 0 Å². The summed E-state index contributed by atoms with van der Waals surface area (Å²) in [5.74, 6) is 0.625. The molecule has 0 aromatic carbocycles. The normalized spacial score (nSPS) is 10.7. The van der Waals surface area contributed by atoms with Crippen LogP contribution in [0.3, 0.4) is 0 Å². The number of hydrogen-bond acceptors (Lipinski definition) is 2. The molecule has 4 heteroatoms. The lowest BCUT2D eigenvalue weighted by molar-refractivity contribution is -0.134. The Hall–Kier alpha value is -0.280. The Morgan fingerprint density at radius 2 is 2.00 bits per heavy atom. The summed E-state index contributed by atoms with van der Waals surface area (Å²) in [5, 5.41) is 8.93. The summed E-state index contributed by atoms with van der Waals surface area (Å²) < 4.78 is 0. The predicted octanol–water partition coefficient (Wildman–Crippen LogP) is 2.01. The van der Waals surface area contributed by atoms with Gasteiger partial charge in [0.25, 0.3) is 0 Å². The van der Waals surface area contributed by atoms with Gasteiger partial charge in [-0.05, 0) is 19.3 Å². The van der Waals surface area contributed by atoms with Crippen LogP contribution in [0.25, 0.3) is 0 Å². The van der Waals surface area contributed by atoms with Gasteiger partial charge in [-0.1, -0.05) is 13.8 Å². The van der Waals surface area contributed by atoms with Crippen LogP contribution in [0, 0.1) is 0 Å². The minimum atomic E-state index is 0.0309.